The molecule has 30 heavy (non-hydrogen) atoms. The molecule has 0 saturated carbocycles. The predicted molar refractivity (Wildman–Crippen MR) is 123 cm³/mol. The van der Waals surface area contributed by atoms with Gasteiger partial charge in [-0.05, 0) is 6.42 Å². The highest BCUT2D eigenvalue weighted by molar-refractivity contribution is 7.91. The fraction of sp³-hybridized carbons (Fsp3) is 0.750. The van der Waals surface area contributed by atoms with Gasteiger partial charge in [0, 0.05) is 12.1 Å². The van der Waals surface area contributed by atoms with Crippen molar-refractivity contribution in [3.05, 3.63) is 12.1 Å². The van der Waals surface area contributed by atoms with E-state index in [1.807, 2.05) is 0 Å². The van der Waals surface area contributed by atoms with Crippen LogP contribution in [-0.2, 0) is 9.84 Å². The van der Waals surface area contributed by atoms with Crippen molar-refractivity contribution in [2.24, 2.45) is 0 Å². The predicted octanol–water partition coefficient (Wildman–Crippen LogP) is 6.84. The summed E-state index contributed by atoms with van der Waals surface area (Å²) in [4.78, 5) is -0.156. The molecule has 0 aliphatic rings. The van der Waals surface area contributed by atoms with Gasteiger partial charge < -0.3 is 15.3 Å². The lowest BCUT2D eigenvalue weighted by Gasteiger charge is -2.07. The van der Waals surface area contributed by atoms with Gasteiger partial charge in [-0.2, -0.15) is 0 Å². The van der Waals surface area contributed by atoms with E-state index in [1.165, 1.54) is 77.0 Å². The maximum Gasteiger partial charge on any atom is 0.200 e. The van der Waals surface area contributed by atoms with Crippen molar-refractivity contribution < 1.29 is 23.7 Å². The zero-order valence-electron chi connectivity index (χ0n) is 18.7. The van der Waals surface area contributed by atoms with Crippen molar-refractivity contribution in [1.82, 2.24) is 0 Å². The molecule has 0 unspecified atom stereocenters. The smallest absolute Gasteiger partial charge is 0.200 e. The van der Waals surface area contributed by atoms with Gasteiger partial charge in [0.15, 0.2) is 27.1 Å². The van der Waals surface area contributed by atoms with Crippen LogP contribution in [0.1, 0.15) is 110 Å². The highest BCUT2D eigenvalue weighted by Gasteiger charge is 2.18. The van der Waals surface area contributed by atoms with Crippen LogP contribution in [0.4, 0.5) is 0 Å². The fourth-order valence-corrected chi connectivity index (χ4v) is 5.12. The van der Waals surface area contributed by atoms with Crippen LogP contribution < -0.4 is 0 Å². The number of benzene rings is 1. The number of phenols is 3. The summed E-state index contributed by atoms with van der Waals surface area (Å²) in [6, 6.07) is 1.97. The van der Waals surface area contributed by atoms with Crippen LogP contribution in [0.5, 0.6) is 17.2 Å². The molecule has 0 bridgehead atoms. The van der Waals surface area contributed by atoms with Crippen molar-refractivity contribution in [2.45, 2.75) is 115 Å². The average Bonchev–Trinajstić information content (AvgIpc) is 2.71. The van der Waals surface area contributed by atoms with E-state index in [1.54, 1.807) is 0 Å². The van der Waals surface area contributed by atoms with Gasteiger partial charge in [0.2, 0.25) is 0 Å². The van der Waals surface area contributed by atoms with Crippen LogP contribution in [0.2, 0.25) is 0 Å². The molecule has 3 N–H and O–H groups in total. The van der Waals surface area contributed by atoms with Crippen molar-refractivity contribution in [3.8, 4) is 17.2 Å². The van der Waals surface area contributed by atoms with E-state index in [-0.39, 0.29) is 10.6 Å². The number of sulfone groups is 1. The highest BCUT2D eigenvalue weighted by Crippen LogP contribution is 2.37. The number of hydrogen-bond donors (Lipinski definition) is 3. The minimum atomic E-state index is -3.57. The summed E-state index contributed by atoms with van der Waals surface area (Å²) in [7, 11) is -3.57. The standard InChI is InChI=1S/C24H42O5S/c1-2-3-4-5-6-7-8-9-10-11-12-13-14-15-16-17-18-30(28,29)21-19-22(25)24(27)23(26)20-21/h19-20,25-27H,2-18H2,1H3. The van der Waals surface area contributed by atoms with Crippen LogP contribution >= 0.6 is 0 Å². The van der Waals surface area contributed by atoms with Gasteiger partial charge in [0.05, 0.1) is 10.6 Å². The van der Waals surface area contributed by atoms with E-state index in [4.69, 9.17) is 0 Å². The first-order valence-electron chi connectivity index (χ1n) is 11.9. The Kier molecular flexibility index (Phi) is 13.6. The van der Waals surface area contributed by atoms with E-state index >= 15 is 0 Å². The second kappa shape index (κ2) is 15.4. The molecule has 0 radical (unpaired) electrons. The topological polar surface area (TPSA) is 94.8 Å². The van der Waals surface area contributed by atoms with Gasteiger partial charge in [-0.1, -0.05) is 103 Å². The molecule has 0 aliphatic carbocycles. The van der Waals surface area contributed by atoms with Crippen LogP contribution in [0.25, 0.3) is 0 Å². The first-order valence-corrected chi connectivity index (χ1v) is 13.5. The maximum absolute atomic E-state index is 12.3. The Hall–Kier alpha value is -1.43. The molecule has 0 atom stereocenters. The molecule has 0 spiro atoms. The molecule has 1 aromatic carbocycles. The molecule has 0 amide bonds. The van der Waals surface area contributed by atoms with E-state index in [9.17, 15) is 23.7 Å². The molecule has 0 aliphatic heterocycles. The minimum Gasteiger partial charge on any atom is -0.504 e. The summed E-state index contributed by atoms with van der Waals surface area (Å²) < 4.78 is 24.6. The Morgan fingerprint density at radius 1 is 0.600 bits per heavy atom. The lowest BCUT2D eigenvalue weighted by atomic mass is 10.0. The first kappa shape index (κ1) is 26.6. The minimum absolute atomic E-state index is 0.0188. The average molecular weight is 443 g/mol. The lowest BCUT2D eigenvalue weighted by Crippen LogP contribution is -2.06. The third-order valence-electron chi connectivity index (χ3n) is 5.67. The van der Waals surface area contributed by atoms with E-state index in [0.717, 1.165) is 31.4 Å². The molecule has 0 fully saturated rings. The van der Waals surface area contributed by atoms with Crippen LogP contribution in [0, 0.1) is 0 Å². The van der Waals surface area contributed by atoms with Crippen LogP contribution in [-0.4, -0.2) is 29.5 Å². The molecular formula is C24H42O5S. The monoisotopic (exact) mass is 442 g/mol. The Morgan fingerprint density at radius 2 is 0.933 bits per heavy atom. The number of phenolic OH excluding ortho intramolecular Hbond substituents is 3. The van der Waals surface area contributed by atoms with E-state index in [2.05, 4.69) is 6.92 Å². The quantitative estimate of drug-likeness (QED) is 0.171. The zero-order valence-corrected chi connectivity index (χ0v) is 19.6. The lowest BCUT2D eigenvalue weighted by molar-refractivity contribution is 0.366. The largest absolute Gasteiger partial charge is 0.504 e. The van der Waals surface area contributed by atoms with Gasteiger partial charge in [-0.15, -0.1) is 0 Å². The summed E-state index contributed by atoms with van der Waals surface area (Å²) in [5, 5.41) is 28.3. The summed E-state index contributed by atoms with van der Waals surface area (Å²) in [6.45, 7) is 2.25. The molecule has 0 aromatic heterocycles. The van der Waals surface area contributed by atoms with E-state index < -0.39 is 27.1 Å². The third-order valence-corrected chi connectivity index (χ3v) is 7.45. The van der Waals surface area contributed by atoms with Crippen LogP contribution in [0.3, 0.4) is 0 Å². The Labute approximate surface area is 183 Å². The SMILES string of the molecule is CCCCCCCCCCCCCCCCCCS(=O)(=O)c1cc(O)c(O)c(O)c1. The van der Waals surface area contributed by atoms with Crippen molar-refractivity contribution in [1.29, 1.82) is 0 Å². The molecule has 5 nitrogen and oxygen atoms in total. The summed E-state index contributed by atoms with van der Waals surface area (Å²) in [5.41, 5.74) is 0. The molecule has 174 valence electrons. The number of hydrogen-bond acceptors (Lipinski definition) is 5. The van der Waals surface area contributed by atoms with Gasteiger partial charge in [-0.25, -0.2) is 8.42 Å². The maximum atomic E-state index is 12.3. The molecule has 0 saturated heterocycles. The van der Waals surface area contributed by atoms with Gasteiger partial charge in [-0.3, -0.25) is 0 Å². The normalized spacial score (nSPS) is 11.8. The Bertz CT molecular complexity index is 662. The fourth-order valence-electron chi connectivity index (χ4n) is 3.72. The van der Waals surface area contributed by atoms with Crippen molar-refractivity contribution in [2.75, 3.05) is 5.75 Å². The molecule has 1 aromatic rings. The molecular weight excluding hydrogens is 400 g/mol. The second-order valence-corrected chi connectivity index (χ2v) is 10.5. The van der Waals surface area contributed by atoms with E-state index in [0.29, 0.717) is 6.42 Å². The Balaban J connectivity index is 2.00. The summed E-state index contributed by atoms with van der Waals surface area (Å²) in [5.74, 6) is -1.97. The Morgan fingerprint density at radius 3 is 1.30 bits per heavy atom. The second-order valence-electron chi connectivity index (χ2n) is 8.43. The summed E-state index contributed by atoms with van der Waals surface area (Å²) >= 11 is 0. The molecule has 0 heterocycles. The summed E-state index contributed by atoms with van der Waals surface area (Å²) in [6.07, 6.45) is 19.7. The highest BCUT2D eigenvalue weighted by atomic mass is 32.2. The number of rotatable bonds is 18. The third kappa shape index (κ3) is 11.1. The van der Waals surface area contributed by atoms with Crippen molar-refractivity contribution >= 4 is 9.84 Å². The van der Waals surface area contributed by atoms with Gasteiger partial charge in [0.1, 0.15) is 0 Å². The van der Waals surface area contributed by atoms with Crippen molar-refractivity contribution in [3.63, 3.8) is 0 Å². The van der Waals surface area contributed by atoms with Gasteiger partial charge in [0.25, 0.3) is 0 Å². The first-order chi connectivity index (χ1) is 14.4. The number of unbranched alkanes of at least 4 members (excludes halogenated alkanes) is 15. The van der Waals surface area contributed by atoms with Gasteiger partial charge >= 0.3 is 0 Å². The molecule has 6 heteroatoms. The van der Waals surface area contributed by atoms with Crippen LogP contribution in [0.15, 0.2) is 17.0 Å². The molecule has 1 rings (SSSR count). The number of aromatic hydroxyl groups is 3. The zero-order chi connectivity index (χ0) is 22.2.